The second-order valence-electron chi connectivity index (χ2n) is 9.54. The van der Waals surface area contributed by atoms with E-state index in [1.165, 1.54) is 96.3 Å². The van der Waals surface area contributed by atoms with E-state index in [0.717, 1.165) is 0 Å². The highest BCUT2D eigenvalue weighted by atomic mass is 35.5. The van der Waals surface area contributed by atoms with Crippen LogP contribution < -0.4 is 12.4 Å². The molecule has 0 heterocycles. The third-order valence-corrected chi connectivity index (χ3v) is 11.8. The van der Waals surface area contributed by atoms with Crippen LogP contribution in [0.1, 0.15) is 150 Å². The van der Waals surface area contributed by atoms with Crippen LogP contribution in [0.4, 0.5) is 0 Å². The summed E-state index contributed by atoms with van der Waals surface area (Å²) in [6.07, 6.45) is 34.6. The minimum absolute atomic E-state index is 0. The molecule has 0 aromatic carbocycles. The summed E-state index contributed by atoms with van der Waals surface area (Å²) in [7, 11) is -0.678. The van der Waals surface area contributed by atoms with Crippen LogP contribution in [-0.2, 0) is 0 Å². The summed E-state index contributed by atoms with van der Waals surface area (Å²) in [6.45, 7) is 9.40. The Hall–Kier alpha value is 0.720. The zero-order chi connectivity index (χ0) is 20.8. The molecule has 178 valence electrons. The van der Waals surface area contributed by atoms with Crippen LogP contribution in [0.25, 0.3) is 0 Å². The molecule has 0 radical (unpaired) electrons. The van der Waals surface area contributed by atoms with Gasteiger partial charge < -0.3 is 12.4 Å². The maximum absolute atomic E-state index is 2.36. The minimum Gasteiger partial charge on any atom is -1.00 e. The molecule has 29 heavy (non-hydrogen) atoms. The Balaban J connectivity index is 0. The molecule has 0 N–H and O–H groups in total. The Kier molecular flexibility index (Phi) is 27.5. The Bertz CT molecular complexity index is 261. The van der Waals surface area contributed by atoms with Crippen molar-refractivity contribution in [3.63, 3.8) is 0 Å². The van der Waals surface area contributed by atoms with Crippen molar-refractivity contribution < 1.29 is 12.4 Å². The van der Waals surface area contributed by atoms with Gasteiger partial charge in [0.15, 0.2) is 0 Å². The van der Waals surface area contributed by atoms with Crippen LogP contribution in [0.5, 0.6) is 0 Å². The molecule has 0 saturated heterocycles. The molecule has 0 aromatic heterocycles. The topological polar surface area (TPSA) is 0 Å². The molecule has 0 unspecified atom stereocenters. The zero-order valence-electron chi connectivity index (χ0n) is 21.1. The van der Waals surface area contributed by atoms with Crippen molar-refractivity contribution in [2.24, 2.45) is 0 Å². The standard InChI is InChI=1S/C27H58P.ClH/c1-5-9-13-17-18-19-23-27-28(24-20-14-10-6-2,25-21-15-11-7-3)26-22-16-12-8-4;/h5-27H2,1-4H3;1H/q+1;/p-1. The van der Waals surface area contributed by atoms with Crippen molar-refractivity contribution in [2.45, 2.75) is 150 Å². The van der Waals surface area contributed by atoms with Gasteiger partial charge in [-0.15, -0.1) is 0 Å². The first-order valence-electron chi connectivity index (χ1n) is 13.6. The van der Waals surface area contributed by atoms with Gasteiger partial charge in [-0.05, 0) is 51.4 Å². The van der Waals surface area contributed by atoms with Gasteiger partial charge in [-0.25, -0.2) is 0 Å². The quantitative estimate of drug-likeness (QED) is 0.112. The molecule has 0 amide bonds. The highest BCUT2D eigenvalue weighted by Crippen LogP contribution is 2.61. The van der Waals surface area contributed by atoms with Crippen molar-refractivity contribution in [1.82, 2.24) is 0 Å². The van der Waals surface area contributed by atoms with E-state index < -0.39 is 7.26 Å². The molecule has 0 atom stereocenters. The average Bonchev–Trinajstić information content (AvgIpc) is 2.71. The third-order valence-electron chi connectivity index (χ3n) is 6.69. The van der Waals surface area contributed by atoms with Crippen molar-refractivity contribution in [3.8, 4) is 0 Å². The van der Waals surface area contributed by atoms with Crippen LogP contribution in [0.15, 0.2) is 0 Å². The number of hydrogen-bond donors (Lipinski definition) is 0. The normalized spacial score (nSPS) is 11.6. The minimum atomic E-state index is -0.678. The van der Waals surface area contributed by atoms with Gasteiger partial charge in [0.25, 0.3) is 0 Å². The maximum atomic E-state index is 2.36. The summed E-state index contributed by atoms with van der Waals surface area (Å²) in [5, 5.41) is 0. The molecule has 0 rings (SSSR count). The summed E-state index contributed by atoms with van der Waals surface area (Å²) in [6, 6.07) is 0. The molecule has 0 aliphatic heterocycles. The highest BCUT2D eigenvalue weighted by Gasteiger charge is 2.34. The number of rotatable bonds is 23. The van der Waals surface area contributed by atoms with E-state index in [9.17, 15) is 0 Å². The van der Waals surface area contributed by atoms with Gasteiger partial charge in [0, 0.05) is 7.26 Å². The molecular weight excluding hydrogens is 391 g/mol. The summed E-state index contributed by atoms with van der Waals surface area (Å²) in [5.41, 5.74) is 0. The molecular formula is C27H58ClP. The largest absolute Gasteiger partial charge is 1.00 e. The molecule has 2 heteroatoms. The number of halogens is 1. The lowest BCUT2D eigenvalue weighted by molar-refractivity contribution is -0.00000645. The lowest BCUT2D eigenvalue weighted by atomic mass is 10.1. The van der Waals surface area contributed by atoms with E-state index in [1.807, 2.05) is 0 Å². The highest BCUT2D eigenvalue weighted by molar-refractivity contribution is 7.75. The van der Waals surface area contributed by atoms with Crippen LogP contribution in [0.3, 0.4) is 0 Å². The van der Waals surface area contributed by atoms with Gasteiger partial charge >= 0.3 is 0 Å². The fourth-order valence-corrected chi connectivity index (χ4v) is 9.62. The Labute approximate surface area is 193 Å². The SMILES string of the molecule is CCCCCCCCC[P+](CCCCCC)(CCCCCC)CCCCCC.[Cl-]. The Morgan fingerprint density at radius 3 is 0.793 bits per heavy atom. The summed E-state index contributed by atoms with van der Waals surface area (Å²) < 4.78 is 0. The first-order valence-corrected chi connectivity index (χ1v) is 16.1. The van der Waals surface area contributed by atoms with Gasteiger partial charge in [-0.3, -0.25) is 0 Å². The summed E-state index contributed by atoms with van der Waals surface area (Å²) in [4.78, 5) is 0. The van der Waals surface area contributed by atoms with Gasteiger partial charge in [-0.2, -0.15) is 0 Å². The Morgan fingerprint density at radius 1 is 0.310 bits per heavy atom. The molecule has 0 saturated carbocycles. The van der Waals surface area contributed by atoms with Crippen molar-refractivity contribution >= 4 is 7.26 Å². The van der Waals surface area contributed by atoms with Crippen molar-refractivity contribution in [1.29, 1.82) is 0 Å². The van der Waals surface area contributed by atoms with Gasteiger partial charge in [-0.1, -0.05) is 98.3 Å². The molecule has 0 nitrogen and oxygen atoms in total. The van der Waals surface area contributed by atoms with E-state index in [-0.39, 0.29) is 12.4 Å². The predicted molar refractivity (Wildman–Crippen MR) is 137 cm³/mol. The summed E-state index contributed by atoms with van der Waals surface area (Å²) in [5.74, 6) is 0. The van der Waals surface area contributed by atoms with Crippen LogP contribution in [-0.4, -0.2) is 24.6 Å². The predicted octanol–water partition coefficient (Wildman–Crippen LogP) is 7.50. The van der Waals surface area contributed by atoms with E-state index in [1.54, 1.807) is 50.3 Å². The first-order chi connectivity index (χ1) is 13.7. The first kappa shape index (κ1) is 31.9. The van der Waals surface area contributed by atoms with E-state index in [0.29, 0.717) is 0 Å². The molecule has 0 spiro atoms. The molecule has 0 fully saturated rings. The second-order valence-corrected chi connectivity index (χ2v) is 14.0. The summed E-state index contributed by atoms with van der Waals surface area (Å²) >= 11 is 0. The fraction of sp³-hybridized carbons (Fsp3) is 1.00. The van der Waals surface area contributed by atoms with Crippen molar-refractivity contribution in [3.05, 3.63) is 0 Å². The number of unbranched alkanes of at least 4 members (excludes halogenated alkanes) is 15. The Morgan fingerprint density at radius 2 is 0.517 bits per heavy atom. The molecule has 0 aliphatic rings. The van der Waals surface area contributed by atoms with E-state index >= 15 is 0 Å². The maximum Gasteiger partial charge on any atom is 0.0594 e. The van der Waals surface area contributed by atoms with Crippen LogP contribution in [0, 0.1) is 0 Å². The van der Waals surface area contributed by atoms with E-state index in [2.05, 4.69) is 27.7 Å². The fourth-order valence-electron chi connectivity index (χ4n) is 4.70. The van der Waals surface area contributed by atoms with Gasteiger partial charge in [0.2, 0.25) is 0 Å². The van der Waals surface area contributed by atoms with Crippen LogP contribution in [0.2, 0.25) is 0 Å². The average molecular weight is 449 g/mol. The lowest BCUT2D eigenvalue weighted by Crippen LogP contribution is -3.00. The lowest BCUT2D eigenvalue weighted by Gasteiger charge is -2.28. The van der Waals surface area contributed by atoms with Crippen LogP contribution >= 0.6 is 7.26 Å². The smallest absolute Gasteiger partial charge is 0.0594 e. The second kappa shape index (κ2) is 25.0. The monoisotopic (exact) mass is 448 g/mol. The molecule has 0 bridgehead atoms. The van der Waals surface area contributed by atoms with E-state index in [4.69, 9.17) is 0 Å². The van der Waals surface area contributed by atoms with Gasteiger partial charge in [0.05, 0.1) is 24.6 Å². The van der Waals surface area contributed by atoms with Crippen molar-refractivity contribution in [2.75, 3.05) is 24.6 Å². The molecule has 0 aromatic rings. The third kappa shape index (κ3) is 20.4. The van der Waals surface area contributed by atoms with Gasteiger partial charge in [0.1, 0.15) is 0 Å². The molecule has 0 aliphatic carbocycles. The number of hydrogen-bond acceptors (Lipinski definition) is 0. The zero-order valence-corrected chi connectivity index (χ0v) is 22.7.